The summed E-state index contributed by atoms with van der Waals surface area (Å²) in [4.78, 5) is 32.0. The Morgan fingerprint density at radius 1 is 1.08 bits per heavy atom. The zero-order chi connectivity index (χ0) is 26.7. The number of hydrogen-bond acceptors (Lipinski definition) is 8. The Balaban J connectivity index is 1.98. The lowest BCUT2D eigenvalue weighted by atomic mass is 9.95. The van der Waals surface area contributed by atoms with Crippen LogP contribution in [0.3, 0.4) is 0 Å². The smallest absolute Gasteiger partial charge is 0.338 e. The molecule has 0 spiro atoms. The van der Waals surface area contributed by atoms with Gasteiger partial charge in [0.15, 0.2) is 16.3 Å². The molecule has 4 rings (SSSR count). The van der Waals surface area contributed by atoms with Crippen molar-refractivity contribution in [2.45, 2.75) is 26.8 Å². The third kappa shape index (κ3) is 5.14. The van der Waals surface area contributed by atoms with Crippen molar-refractivity contribution in [3.05, 3.63) is 83.5 Å². The van der Waals surface area contributed by atoms with E-state index in [2.05, 4.69) is 4.99 Å². The van der Waals surface area contributed by atoms with E-state index < -0.39 is 12.0 Å². The second-order valence-electron chi connectivity index (χ2n) is 8.03. The molecule has 1 aliphatic heterocycles. The molecule has 0 bridgehead atoms. The lowest BCUT2D eigenvalue weighted by Gasteiger charge is -2.25. The molecular weight excluding hydrogens is 516 g/mol. The van der Waals surface area contributed by atoms with Crippen molar-refractivity contribution in [2.75, 3.05) is 27.4 Å². The molecule has 10 heteroatoms. The van der Waals surface area contributed by atoms with E-state index in [-0.39, 0.29) is 17.7 Å². The third-order valence-electron chi connectivity index (χ3n) is 5.80. The van der Waals surface area contributed by atoms with Crippen LogP contribution in [-0.2, 0) is 9.53 Å². The Hall–Kier alpha value is -3.56. The summed E-state index contributed by atoms with van der Waals surface area (Å²) < 4.78 is 23.9. The molecule has 8 nitrogen and oxygen atoms in total. The average molecular weight is 543 g/mol. The van der Waals surface area contributed by atoms with E-state index in [9.17, 15) is 9.59 Å². The van der Waals surface area contributed by atoms with E-state index in [4.69, 9.17) is 30.5 Å². The maximum atomic E-state index is 13.8. The molecule has 1 atom stereocenters. The molecule has 0 amide bonds. The van der Waals surface area contributed by atoms with E-state index >= 15 is 0 Å². The Bertz CT molecular complexity index is 1560. The summed E-state index contributed by atoms with van der Waals surface area (Å²) in [7, 11) is 3.07. The minimum Gasteiger partial charge on any atom is -0.493 e. The van der Waals surface area contributed by atoms with E-state index in [1.54, 1.807) is 63.4 Å². The van der Waals surface area contributed by atoms with Crippen LogP contribution < -0.4 is 29.1 Å². The van der Waals surface area contributed by atoms with Gasteiger partial charge in [-0.15, -0.1) is 0 Å². The number of carbonyl (C=O) groups excluding carboxylic acids is 1. The summed E-state index contributed by atoms with van der Waals surface area (Å²) >= 11 is 7.45. The van der Waals surface area contributed by atoms with Crippen molar-refractivity contribution >= 4 is 35.0 Å². The van der Waals surface area contributed by atoms with Gasteiger partial charge in [0.25, 0.3) is 5.56 Å². The normalized spacial score (nSPS) is 15.2. The number of ether oxygens (including phenoxy) is 4. The molecule has 194 valence electrons. The maximum absolute atomic E-state index is 13.8. The zero-order valence-corrected chi connectivity index (χ0v) is 22.7. The second-order valence-corrected chi connectivity index (χ2v) is 9.48. The van der Waals surface area contributed by atoms with Crippen LogP contribution in [0, 0.1) is 0 Å². The van der Waals surface area contributed by atoms with Gasteiger partial charge in [-0.05, 0) is 62.7 Å². The summed E-state index contributed by atoms with van der Waals surface area (Å²) in [6.45, 7) is 6.00. The van der Waals surface area contributed by atoms with Crippen LogP contribution in [0.2, 0.25) is 5.02 Å². The summed E-state index contributed by atoms with van der Waals surface area (Å²) in [6.07, 6.45) is 1.73. The summed E-state index contributed by atoms with van der Waals surface area (Å²) in [5.74, 6) is 1.07. The van der Waals surface area contributed by atoms with Crippen LogP contribution in [0.4, 0.5) is 0 Å². The highest BCUT2D eigenvalue weighted by molar-refractivity contribution is 7.07. The number of halogens is 1. The van der Waals surface area contributed by atoms with Crippen molar-refractivity contribution in [3.63, 3.8) is 0 Å². The lowest BCUT2D eigenvalue weighted by Crippen LogP contribution is -2.40. The molecule has 0 fully saturated rings. The van der Waals surface area contributed by atoms with E-state index in [0.717, 1.165) is 0 Å². The molecular formula is C27H27ClN2O6S. The number of aromatic nitrogens is 1. The number of methoxy groups -OCH3 is 2. The van der Waals surface area contributed by atoms with Crippen LogP contribution in [-0.4, -0.2) is 38.0 Å². The molecule has 37 heavy (non-hydrogen) atoms. The number of thiazole rings is 1. The number of fused-ring (bicyclic) bond motifs is 1. The van der Waals surface area contributed by atoms with Gasteiger partial charge in [-0.25, -0.2) is 9.79 Å². The van der Waals surface area contributed by atoms with Gasteiger partial charge in [0.2, 0.25) is 0 Å². The fraction of sp³-hybridized carbons (Fsp3) is 0.296. The van der Waals surface area contributed by atoms with Crippen LogP contribution in [0.25, 0.3) is 6.08 Å². The highest BCUT2D eigenvalue weighted by Gasteiger charge is 2.34. The fourth-order valence-electron chi connectivity index (χ4n) is 4.19. The number of nitrogens with zero attached hydrogens (tertiary/aromatic N) is 2. The molecule has 0 saturated carbocycles. The van der Waals surface area contributed by atoms with Crippen molar-refractivity contribution in [2.24, 2.45) is 4.99 Å². The SMILES string of the molecule is CCOC(=O)C1=C(C)N=c2s/c(=C\c3cc(Cl)ccc3OCC)c(=O)n2[C@@H]1c1ccc(OC)c(OC)c1. The first-order valence-corrected chi connectivity index (χ1v) is 12.9. The van der Waals surface area contributed by atoms with Crippen LogP contribution in [0.1, 0.15) is 37.9 Å². The molecule has 0 N–H and O–H groups in total. The van der Waals surface area contributed by atoms with E-state index in [1.165, 1.54) is 23.0 Å². The van der Waals surface area contributed by atoms with Crippen LogP contribution >= 0.6 is 22.9 Å². The zero-order valence-electron chi connectivity index (χ0n) is 21.2. The number of carbonyl (C=O) groups is 1. The van der Waals surface area contributed by atoms with Crippen molar-refractivity contribution in [1.82, 2.24) is 4.57 Å². The Kier molecular flexibility index (Phi) is 8.04. The molecule has 0 saturated heterocycles. The predicted molar refractivity (Wildman–Crippen MR) is 143 cm³/mol. The molecule has 3 aromatic rings. The van der Waals surface area contributed by atoms with Crippen molar-refractivity contribution in [3.8, 4) is 17.2 Å². The molecule has 2 heterocycles. The first-order chi connectivity index (χ1) is 17.8. The fourth-order valence-corrected chi connectivity index (χ4v) is 5.41. The number of allylic oxidation sites excluding steroid dienone is 1. The minimum atomic E-state index is -0.775. The molecule has 1 aliphatic rings. The second kappa shape index (κ2) is 11.2. The lowest BCUT2D eigenvalue weighted by molar-refractivity contribution is -0.139. The average Bonchev–Trinajstić information content (AvgIpc) is 3.18. The molecule has 1 aromatic heterocycles. The van der Waals surface area contributed by atoms with E-state index in [1.807, 2.05) is 6.92 Å². The largest absolute Gasteiger partial charge is 0.493 e. The van der Waals surface area contributed by atoms with Gasteiger partial charge in [-0.3, -0.25) is 9.36 Å². The number of esters is 1. The van der Waals surface area contributed by atoms with Crippen LogP contribution in [0.15, 0.2) is 57.5 Å². The predicted octanol–water partition coefficient (Wildman–Crippen LogP) is 3.87. The third-order valence-corrected chi connectivity index (χ3v) is 7.02. The molecule has 0 aliphatic carbocycles. The summed E-state index contributed by atoms with van der Waals surface area (Å²) in [5.41, 5.74) is 1.78. The van der Waals surface area contributed by atoms with Gasteiger partial charge in [0.05, 0.1) is 49.3 Å². The Labute approximate surface area is 223 Å². The van der Waals surface area contributed by atoms with Gasteiger partial charge < -0.3 is 18.9 Å². The Morgan fingerprint density at radius 3 is 2.49 bits per heavy atom. The van der Waals surface area contributed by atoms with Crippen molar-refractivity contribution in [1.29, 1.82) is 0 Å². The van der Waals surface area contributed by atoms with Gasteiger partial charge in [0.1, 0.15) is 5.75 Å². The van der Waals surface area contributed by atoms with Crippen molar-refractivity contribution < 1.29 is 23.7 Å². The monoisotopic (exact) mass is 542 g/mol. The standard InChI is InChI=1S/C27H27ClN2O6S/c1-6-35-19-11-9-18(28)12-17(19)14-22-25(31)30-24(16-8-10-20(33-4)21(13-16)34-5)23(26(32)36-7-2)15(3)29-27(30)37-22/h8-14,24H,6-7H2,1-5H3/b22-14-/t24-/m1/s1. The maximum Gasteiger partial charge on any atom is 0.338 e. The van der Waals surface area contributed by atoms with Gasteiger partial charge in [-0.2, -0.15) is 0 Å². The highest BCUT2D eigenvalue weighted by Crippen LogP contribution is 2.36. The summed E-state index contributed by atoms with van der Waals surface area (Å²) in [5, 5.41) is 0.520. The molecule has 0 radical (unpaired) electrons. The van der Waals surface area contributed by atoms with Gasteiger partial charge >= 0.3 is 5.97 Å². The molecule has 0 unspecified atom stereocenters. The first kappa shape index (κ1) is 26.5. The topological polar surface area (TPSA) is 88.4 Å². The van der Waals surface area contributed by atoms with Crippen LogP contribution in [0.5, 0.6) is 17.2 Å². The number of hydrogen-bond donors (Lipinski definition) is 0. The number of rotatable bonds is 8. The quantitative estimate of drug-likeness (QED) is 0.402. The van der Waals surface area contributed by atoms with Gasteiger partial charge in [-0.1, -0.05) is 29.0 Å². The van der Waals surface area contributed by atoms with E-state index in [0.29, 0.717) is 55.0 Å². The first-order valence-electron chi connectivity index (χ1n) is 11.7. The number of benzene rings is 2. The summed E-state index contributed by atoms with van der Waals surface area (Å²) in [6, 6.07) is 9.76. The Morgan fingerprint density at radius 2 is 1.81 bits per heavy atom. The highest BCUT2D eigenvalue weighted by atomic mass is 35.5. The molecule has 2 aromatic carbocycles. The van der Waals surface area contributed by atoms with Gasteiger partial charge in [0, 0.05) is 10.6 Å². The minimum absolute atomic E-state index is 0.188.